The zero-order chi connectivity index (χ0) is 13.0. The van der Waals surface area contributed by atoms with E-state index in [9.17, 15) is 0 Å². The molecule has 96 valence electrons. The monoisotopic (exact) mass is 283 g/mol. The molecule has 0 aliphatic heterocycles. The summed E-state index contributed by atoms with van der Waals surface area (Å²) < 4.78 is 1.70. The number of nitrogens with zero attached hydrogens (tertiary/aromatic N) is 4. The van der Waals surface area contributed by atoms with Crippen molar-refractivity contribution in [2.24, 2.45) is 5.73 Å². The second kappa shape index (κ2) is 6.17. The molecule has 0 amide bonds. The van der Waals surface area contributed by atoms with Crippen LogP contribution in [-0.2, 0) is 12.3 Å². The maximum absolute atomic E-state index is 6.18. The molecule has 2 aromatic rings. The van der Waals surface area contributed by atoms with Crippen molar-refractivity contribution in [1.29, 1.82) is 0 Å². The molecule has 1 aromatic carbocycles. The predicted octanol–water partition coefficient (Wildman–Crippen LogP) is 1.89. The highest BCUT2D eigenvalue weighted by Gasteiger charge is 2.08. The summed E-state index contributed by atoms with van der Waals surface area (Å²) in [6, 6.07) is 6.03. The van der Waals surface area contributed by atoms with Crippen LogP contribution in [0.5, 0.6) is 0 Å². The zero-order valence-corrected chi connectivity index (χ0v) is 11.6. The number of hydrogen-bond acceptors (Lipinski definition) is 5. The van der Waals surface area contributed by atoms with Gasteiger partial charge in [0, 0.05) is 17.3 Å². The molecule has 0 atom stereocenters. The molecule has 0 saturated heterocycles. The molecule has 0 saturated carbocycles. The topological polar surface area (TPSA) is 69.6 Å². The Kier molecular flexibility index (Phi) is 4.57. The fourth-order valence-electron chi connectivity index (χ4n) is 1.47. The summed E-state index contributed by atoms with van der Waals surface area (Å²) in [6.45, 7) is 3.16. The largest absolute Gasteiger partial charge is 0.329 e. The molecule has 0 radical (unpaired) electrons. The lowest BCUT2D eigenvalue weighted by atomic mass is 10.2. The standard InChI is InChI=1S/C11H14ClN5S/c1-8-2-3-9(10(12)6-8)7-18-11-14-15-16-17(11)5-4-13/h2-3,6H,4-5,7,13H2,1H3. The zero-order valence-electron chi connectivity index (χ0n) is 10.0. The van der Waals surface area contributed by atoms with Crippen molar-refractivity contribution in [3.63, 3.8) is 0 Å². The van der Waals surface area contributed by atoms with Gasteiger partial charge in [-0.25, -0.2) is 4.68 Å². The Bertz CT molecular complexity index is 528. The summed E-state index contributed by atoms with van der Waals surface area (Å²) in [4.78, 5) is 0. The van der Waals surface area contributed by atoms with E-state index in [1.54, 1.807) is 16.4 Å². The van der Waals surface area contributed by atoms with Gasteiger partial charge in [0.05, 0.1) is 6.54 Å². The summed E-state index contributed by atoms with van der Waals surface area (Å²) in [7, 11) is 0. The maximum atomic E-state index is 6.18. The average molecular weight is 284 g/mol. The van der Waals surface area contributed by atoms with Crippen LogP contribution in [0.25, 0.3) is 0 Å². The highest BCUT2D eigenvalue weighted by Crippen LogP contribution is 2.25. The van der Waals surface area contributed by atoms with Gasteiger partial charge in [-0.15, -0.1) is 5.10 Å². The Balaban J connectivity index is 2.04. The van der Waals surface area contributed by atoms with Crippen LogP contribution in [0.4, 0.5) is 0 Å². The Hall–Kier alpha value is -1.11. The van der Waals surface area contributed by atoms with Crippen LogP contribution in [0, 0.1) is 6.92 Å². The summed E-state index contributed by atoms with van der Waals surface area (Å²) in [5, 5.41) is 13.0. The number of halogens is 1. The molecule has 0 fully saturated rings. The van der Waals surface area contributed by atoms with Crippen LogP contribution in [0.3, 0.4) is 0 Å². The van der Waals surface area contributed by atoms with Crippen molar-refractivity contribution in [3.05, 3.63) is 34.3 Å². The van der Waals surface area contributed by atoms with Gasteiger partial charge in [-0.3, -0.25) is 0 Å². The molecule has 2 N–H and O–H groups in total. The van der Waals surface area contributed by atoms with Crippen LogP contribution in [0.1, 0.15) is 11.1 Å². The minimum Gasteiger partial charge on any atom is -0.329 e. The first-order valence-corrected chi connectivity index (χ1v) is 6.91. The van der Waals surface area contributed by atoms with E-state index in [4.69, 9.17) is 17.3 Å². The third kappa shape index (κ3) is 3.22. The first-order valence-electron chi connectivity index (χ1n) is 5.55. The summed E-state index contributed by atoms with van der Waals surface area (Å²) in [5.74, 6) is 0.740. The molecule has 1 aromatic heterocycles. The molecule has 0 spiro atoms. The van der Waals surface area contributed by atoms with Crippen molar-refractivity contribution < 1.29 is 0 Å². The second-order valence-electron chi connectivity index (χ2n) is 3.86. The average Bonchev–Trinajstić information content (AvgIpc) is 2.76. The number of aromatic nitrogens is 4. The quantitative estimate of drug-likeness (QED) is 0.849. The second-order valence-corrected chi connectivity index (χ2v) is 5.21. The number of tetrazole rings is 1. The van der Waals surface area contributed by atoms with Gasteiger partial charge in [0.1, 0.15) is 0 Å². The number of hydrogen-bond donors (Lipinski definition) is 1. The lowest BCUT2D eigenvalue weighted by molar-refractivity contribution is 0.557. The van der Waals surface area contributed by atoms with Gasteiger partial charge in [0.15, 0.2) is 0 Å². The molecule has 5 nitrogen and oxygen atoms in total. The lowest BCUT2D eigenvalue weighted by Gasteiger charge is -2.05. The highest BCUT2D eigenvalue weighted by molar-refractivity contribution is 7.98. The first-order chi connectivity index (χ1) is 8.70. The smallest absolute Gasteiger partial charge is 0.209 e. The predicted molar refractivity (Wildman–Crippen MR) is 72.6 cm³/mol. The number of benzene rings is 1. The van der Waals surface area contributed by atoms with Crippen LogP contribution >= 0.6 is 23.4 Å². The molecule has 0 aliphatic rings. The number of aryl methyl sites for hydroxylation is 1. The molecular formula is C11H14ClN5S. The van der Waals surface area contributed by atoms with Gasteiger partial charge in [-0.2, -0.15) is 0 Å². The number of rotatable bonds is 5. The summed E-state index contributed by atoms with van der Waals surface area (Å²) in [5.41, 5.74) is 7.72. The van der Waals surface area contributed by atoms with Crippen molar-refractivity contribution in [3.8, 4) is 0 Å². The van der Waals surface area contributed by atoms with Crippen molar-refractivity contribution in [2.45, 2.75) is 24.4 Å². The van der Waals surface area contributed by atoms with E-state index < -0.39 is 0 Å². The van der Waals surface area contributed by atoms with Crippen LogP contribution in [0.15, 0.2) is 23.4 Å². The summed E-state index contributed by atoms with van der Waals surface area (Å²) in [6.07, 6.45) is 0. The maximum Gasteiger partial charge on any atom is 0.209 e. The Morgan fingerprint density at radius 1 is 1.44 bits per heavy atom. The van der Waals surface area contributed by atoms with Crippen molar-refractivity contribution in [2.75, 3.05) is 6.54 Å². The third-order valence-electron chi connectivity index (χ3n) is 2.41. The minimum atomic E-state index is 0.518. The van der Waals surface area contributed by atoms with Gasteiger partial charge in [0.25, 0.3) is 0 Å². The molecule has 18 heavy (non-hydrogen) atoms. The van der Waals surface area contributed by atoms with Gasteiger partial charge in [-0.05, 0) is 34.5 Å². The van der Waals surface area contributed by atoms with Crippen LogP contribution in [0.2, 0.25) is 5.02 Å². The summed E-state index contributed by atoms with van der Waals surface area (Å²) >= 11 is 7.73. The molecule has 0 aliphatic carbocycles. The molecule has 0 bridgehead atoms. The van der Waals surface area contributed by atoms with Crippen LogP contribution < -0.4 is 5.73 Å². The van der Waals surface area contributed by atoms with E-state index in [0.717, 1.165) is 27.1 Å². The van der Waals surface area contributed by atoms with Gasteiger partial charge < -0.3 is 5.73 Å². The van der Waals surface area contributed by atoms with Crippen LogP contribution in [-0.4, -0.2) is 26.8 Å². The Morgan fingerprint density at radius 2 is 2.28 bits per heavy atom. The van der Waals surface area contributed by atoms with Gasteiger partial charge in [-0.1, -0.05) is 35.5 Å². The SMILES string of the molecule is Cc1ccc(CSc2nnnn2CCN)c(Cl)c1. The molecular weight excluding hydrogens is 270 g/mol. The van der Waals surface area contributed by atoms with E-state index in [2.05, 4.69) is 15.5 Å². The van der Waals surface area contributed by atoms with E-state index in [1.807, 2.05) is 25.1 Å². The fraction of sp³-hybridized carbons (Fsp3) is 0.364. The Morgan fingerprint density at radius 3 is 3.00 bits per heavy atom. The normalized spacial score (nSPS) is 10.8. The highest BCUT2D eigenvalue weighted by atomic mass is 35.5. The minimum absolute atomic E-state index is 0.518. The molecule has 2 rings (SSSR count). The number of nitrogens with two attached hydrogens (primary N) is 1. The number of thioether (sulfide) groups is 1. The van der Waals surface area contributed by atoms with E-state index in [1.165, 1.54) is 0 Å². The van der Waals surface area contributed by atoms with Crippen molar-refractivity contribution >= 4 is 23.4 Å². The first kappa shape index (κ1) is 13.3. The third-order valence-corrected chi connectivity index (χ3v) is 3.76. The fourth-order valence-corrected chi connectivity index (χ4v) is 2.76. The van der Waals surface area contributed by atoms with E-state index in [-0.39, 0.29) is 0 Å². The molecule has 7 heteroatoms. The van der Waals surface area contributed by atoms with Gasteiger partial charge in [0.2, 0.25) is 5.16 Å². The molecule has 0 unspecified atom stereocenters. The van der Waals surface area contributed by atoms with E-state index >= 15 is 0 Å². The van der Waals surface area contributed by atoms with E-state index in [0.29, 0.717) is 13.1 Å². The Labute approximate surface area is 115 Å². The lowest BCUT2D eigenvalue weighted by Crippen LogP contribution is -2.12. The van der Waals surface area contributed by atoms with Crippen molar-refractivity contribution in [1.82, 2.24) is 20.2 Å². The van der Waals surface area contributed by atoms with Gasteiger partial charge >= 0.3 is 0 Å². The molecule has 1 heterocycles.